The van der Waals surface area contributed by atoms with Crippen LogP contribution in [0.5, 0.6) is 0 Å². The van der Waals surface area contributed by atoms with Gasteiger partial charge in [0.25, 0.3) is 5.56 Å². The summed E-state index contributed by atoms with van der Waals surface area (Å²) in [7, 11) is 0. The first kappa shape index (κ1) is 18.7. The van der Waals surface area contributed by atoms with Crippen LogP contribution in [0.1, 0.15) is 50.8 Å². The monoisotopic (exact) mass is 391 g/mol. The van der Waals surface area contributed by atoms with Crippen molar-refractivity contribution in [1.29, 1.82) is 0 Å². The summed E-state index contributed by atoms with van der Waals surface area (Å²) in [6, 6.07) is 3.61. The van der Waals surface area contributed by atoms with Gasteiger partial charge >= 0.3 is 0 Å². The lowest BCUT2D eigenvalue weighted by Gasteiger charge is -2.24. The van der Waals surface area contributed by atoms with Crippen molar-refractivity contribution in [1.82, 2.24) is 9.97 Å². The third kappa shape index (κ3) is 4.63. The number of aromatic amines is 1. The summed E-state index contributed by atoms with van der Waals surface area (Å²) < 4.78 is 19.9. The highest BCUT2D eigenvalue weighted by Crippen LogP contribution is 2.27. The Bertz CT molecular complexity index is 845. The molecule has 2 heterocycles. The van der Waals surface area contributed by atoms with Crippen LogP contribution in [0.15, 0.2) is 16.9 Å². The number of H-pyrrole nitrogens is 1. The van der Waals surface area contributed by atoms with Crippen LogP contribution >= 0.6 is 11.8 Å². The lowest BCUT2D eigenvalue weighted by molar-refractivity contribution is 0.1000. The van der Waals surface area contributed by atoms with E-state index >= 15 is 0 Å². The molecular weight excluding hydrogens is 365 g/mol. The van der Waals surface area contributed by atoms with Crippen LogP contribution in [0.3, 0.4) is 0 Å². The van der Waals surface area contributed by atoms with Gasteiger partial charge < -0.3 is 15.0 Å². The Labute approximate surface area is 162 Å². The summed E-state index contributed by atoms with van der Waals surface area (Å²) in [5.74, 6) is 0.721. The predicted octanol–water partition coefficient (Wildman–Crippen LogP) is 4.22. The highest BCUT2D eigenvalue weighted by molar-refractivity contribution is 7.99. The average Bonchev–Trinajstić information content (AvgIpc) is 2.67. The van der Waals surface area contributed by atoms with Crippen LogP contribution in [0, 0.1) is 5.82 Å². The largest absolute Gasteiger partial charge is 0.382 e. The second-order valence-corrected chi connectivity index (χ2v) is 8.76. The lowest BCUT2D eigenvalue weighted by Crippen LogP contribution is -2.22. The molecule has 1 saturated carbocycles. The van der Waals surface area contributed by atoms with E-state index in [1.807, 2.05) is 6.07 Å². The summed E-state index contributed by atoms with van der Waals surface area (Å²) in [6.45, 7) is 1.58. The van der Waals surface area contributed by atoms with E-state index in [2.05, 4.69) is 15.3 Å². The van der Waals surface area contributed by atoms with Crippen molar-refractivity contribution in [3.8, 4) is 0 Å². The Morgan fingerprint density at radius 3 is 2.74 bits per heavy atom. The van der Waals surface area contributed by atoms with Gasteiger partial charge in [0.2, 0.25) is 0 Å². The van der Waals surface area contributed by atoms with E-state index in [1.165, 1.54) is 25.3 Å². The van der Waals surface area contributed by atoms with Crippen molar-refractivity contribution >= 4 is 28.4 Å². The molecule has 146 valence electrons. The minimum absolute atomic E-state index is 0.0454. The van der Waals surface area contributed by atoms with Gasteiger partial charge in [-0.15, -0.1) is 0 Å². The highest BCUT2D eigenvalue weighted by Gasteiger charge is 2.17. The zero-order chi connectivity index (χ0) is 18.6. The minimum Gasteiger partial charge on any atom is -0.382 e. The average molecular weight is 392 g/mol. The fourth-order valence-corrected chi connectivity index (χ4v) is 5.00. The molecule has 1 aliphatic heterocycles. The Morgan fingerprint density at radius 1 is 1.19 bits per heavy atom. The molecule has 1 saturated heterocycles. The van der Waals surface area contributed by atoms with Crippen molar-refractivity contribution < 1.29 is 9.13 Å². The van der Waals surface area contributed by atoms with Crippen LogP contribution < -0.4 is 10.9 Å². The van der Waals surface area contributed by atoms with Crippen LogP contribution in [0.25, 0.3) is 10.9 Å². The molecule has 2 N–H and O–H groups in total. The Balaban J connectivity index is 1.54. The van der Waals surface area contributed by atoms with Crippen molar-refractivity contribution in [2.45, 2.75) is 62.0 Å². The maximum atomic E-state index is 14.6. The lowest BCUT2D eigenvalue weighted by atomic mass is 9.95. The van der Waals surface area contributed by atoms with E-state index < -0.39 is 11.4 Å². The SMILES string of the molecule is O=c1[nH]c(CSC2CCOCC2)nc2cc(NC3CCCCC3)cc(F)c12. The third-order valence-electron chi connectivity index (χ3n) is 5.41. The summed E-state index contributed by atoms with van der Waals surface area (Å²) in [6.07, 6.45) is 7.94. The zero-order valence-electron chi connectivity index (χ0n) is 15.4. The molecule has 0 spiro atoms. The van der Waals surface area contributed by atoms with Crippen LogP contribution in [-0.4, -0.2) is 34.5 Å². The third-order valence-corrected chi connectivity index (χ3v) is 6.79. The first-order valence-electron chi connectivity index (χ1n) is 9.87. The smallest absolute Gasteiger partial charge is 0.261 e. The summed E-state index contributed by atoms with van der Waals surface area (Å²) in [4.78, 5) is 19.7. The van der Waals surface area contributed by atoms with Gasteiger partial charge in [0.15, 0.2) is 0 Å². The van der Waals surface area contributed by atoms with Crippen molar-refractivity contribution in [3.05, 3.63) is 34.1 Å². The van der Waals surface area contributed by atoms with Gasteiger partial charge in [-0.3, -0.25) is 4.79 Å². The summed E-state index contributed by atoms with van der Waals surface area (Å²) in [5, 5.41) is 3.99. The second-order valence-electron chi connectivity index (χ2n) is 7.47. The molecular formula is C20H26FN3O2S. The first-order valence-corrected chi connectivity index (χ1v) is 10.9. The van der Waals surface area contributed by atoms with Crippen LogP contribution in [0.4, 0.5) is 10.1 Å². The van der Waals surface area contributed by atoms with Gasteiger partial charge in [-0.1, -0.05) is 19.3 Å². The number of benzene rings is 1. The Kier molecular flexibility index (Phi) is 5.98. The van der Waals surface area contributed by atoms with Gasteiger partial charge in [-0.2, -0.15) is 11.8 Å². The standard InChI is InChI=1S/C20H26FN3O2S/c21-16-10-14(22-13-4-2-1-3-5-13)11-17-19(16)20(25)24-18(23-17)12-27-15-6-8-26-9-7-15/h10-11,13,15,22H,1-9,12H2,(H,23,24,25). The molecule has 1 aromatic carbocycles. The second kappa shape index (κ2) is 8.61. The molecule has 5 nitrogen and oxygen atoms in total. The fourth-order valence-electron chi connectivity index (χ4n) is 3.95. The highest BCUT2D eigenvalue weighted by atomic mass is 32.2. The van der Waals surface area contributed by atoms with Crippen molar-refractivity contribution in [2.75, 3.05) is 18.5 Å². The molecule has 1 aliphatic carbocycles. The van der Waals surface area contributed by atoms with Crippen molar-refractivity contribution in [3.63, 3.8) is 0 Å². The van der Waals surface area contributed by atoms with Gasteiger partial charge in [0, 0.05) is 30.2 Å². The van der Waals surface area contributed by atoms with Crippen LogP contribution in [0.2, 0.25) is 0 Å². The number of rotatable bonds is 5. The number of anilines is 1. The number of hydrogen-bond acceptors (Lipinski definition) is 5. The van der Waals surface area contributed by atoms with Gasteiger partial charge in [-0.25, -0.2) is 9.37 Å². The van der Waals surface area contributed by atoms with Gasteiger partial charge in [-0.05, 0) is 37.8 Å². The number of thioether (sulfide) groups is 1. The molecule has 7 heteroatoms. The molecule has 0 amide bonds. The molecule has 4 rings (SSSR count). The zero-order valence-corrected chi connectivity index (χ0v) is 16.2. The molecule has 0 radical (unpaired) electrons. The Hall–Kier alpha value is -1.60. The van der Waals surface area contributed by atoms with E-state index in [-0.39, 0.29) is 5.39 Å². The fraction of sp³-hybridized carbons (Fsp3) is 0.600. The van der Waals surface area contributed by atoms with E-state index in [4.69, 9.17) is 4.74 Å². The molecule has 27 heavy (non-hydrogen) atoms. The maximum absolute atomic E-state index is 14.6. The topological polar surface area (TPSA) is 67.0 Å². The predicted molar refractivity (Wildman–Crippen MR) is 108 cm³/mol. The van der Waals surface area contributed by atoms with E-state index in [0.29, 0.717) is 34.1 Å². The van der Waals surface area contributed by atoms with E-state index in [1.54, 1.807) is 11.8 Å². The molecule has 0 unspecified atom stereocenters. The molecule has 1 aromatic heterocycles. The van der Waals surface area contributed by atoms with E-state index in [0.717, 1.165) is 38.9 Å². The number of hydrogen-bond donors (Lipinski definition) is 2. The number of nitrogens with zero attached hydrogens (tertiary/aromatic N) is 1. The van der Waals surface area contributed by atoms with Gasteiger partial charge in [0.1, 0.15) is 17.0 Å². The molecule has 0 bridgehead atoms. The van der Waals surface area contributed by atoms with Gasteiger partial charge in [0.05, 0.1) is 11.3 Å². The number of nitrogens with one attached hydrogen (secondary N) is 2. The normalized spacial score (nSPS) is 19.4. The summed E-state index contributed by atoms with van der Waals surface area (Å²) >= 11 is 1.78. The van der Waals surface area contributed by atoms with Crippen molar-refractivity contribution in [2.24, 2.45) is 0 Å². The number of aromatic nitrogens is 2. The number of fused-ring (bicyclic) bond motifs is 1. The minimum atomic E-state index is -0.511. The molecule has 0 atom stereocenters. The van der Waals surface area contributed by atoms with E-state index in [9.17, 15) is 9.18 Å². The summed E-state index contributed by atoms with van der Waals surface area (Å²) in [5.41, 5.74) is 0.747. The number of ether oxygens (including phenoxy) is 1. The molecule has 2 fully saturated rings. The molecule has 2 aromatic rings. The maximum Gasteiger partial charge on any atom is 0.261 e. The molecule has 2 aliphatic rings. The Morgan fingerprint density at radius 2 is 1.96 bits per heavy atom. The van der Waals surface area contributed by atoms with Crippen LogP contribution in [-0.2, 0) is 10.5 Å². The first-order chi connectivity index (χ1) is 13.2. The quantitative estimate of drug-likeness (QED) is 0.799. The number of halogens is 1.